The molecule has 1 fully saturated rings. The van der Waals surface area contributed by atoms with E-state index in [1.54, 1.807) is 13.0 Å². The molecule has 1 unspecified atom stereocenters. The van der Waals surface area contributed by atoms with Gasteiger partial charge in [0.05, 0.1) is 18.1 Å². The van der Waals surface area contributed by atoms with E-state index in [1.165, 1.54) is 0 Å². The number of nitriles is 1. The highest BCUT2D eigenvalue weighted by molar-refractivity contribution is 6.21. The highest BCUT2D eigenvalue weighted by Gasteiger charge is 2.30. The van der Waals surface area contributed by atoms with Gasteiger partial charge in [-0.2, -0.15) is 5.26 Å². The number of aryl methyl sites for hydroxylation is 2. The first kappa shape index (κ1) is 38.6. The molecule has 0 aliphatic carbocycles. The molecule has 6 heteroatoms. The molecule has 1 atom stereocenters. The molecule has 6 nitrogen and oxygen atoms in total. The maximum absolute atomic E-state index is 13.6. The summed E-state index contributed by atoms with van der Waals surface area (Å²) in [5.41, 5.74) is 3.66. The Bertz CT molecular complexity index is 1620. The van der Waals surface area contributed by atoms with Crippen LogP contribution in [-0.2, 0) is 21.5 Å². The monoisotopic (exact) mass is 659 g/mol. The summed E-state index contributed by atoms with van der Waals surface area (Å²) < 4.78 is 8.16. The van der Waals surface area contributed by atoms with E-state index in [1.807, 2.05) is 97.9 Å². The van der Waals surface area contributed by atoms with Gasteiger partial charge in [0.25, 0.3) is 5.91 Å². The van der Waals surface area contributed by atoms with Gasteiger partial charge in [-0.25, -0.2) is 0 Å². The van der Waals surface area contributed by atoms with E-state index < -0.39 is 5.41 Å². The van der Waals surface area contributed by atoms with E-state index in [9.17, 15) is 14.9 Å². The Labute approximate surface area is 294 Å². The van der Waals surface area contributed by atoms with Crippen molar-refractivity contribution < 1.29 is 14.3 Å². The Hall–Kier alpha value is -4.81. The van der Waals surface area contributed by atoms with E-state index in [0.29, 0.717) is 24.2 Å². The number of nitrogens with zero attached hydrogens (tertiary/aromatic N) is 3. The van der Waals surface area contributed by atoms with Crippen molar-refractivity contribution in [2.75, 3.05) is 19.7 Å². The standard InChI is InChI=1S/C28H36N2O3.C15H17N/c1-4-11-24(23(3)31)20-27(28(32)30-17-6-5-7-18-30)26-21-25(13-12-22(26)2)33-19-10-16-29-14-8-9-15-29;1-3-5-12-15(13-16,11-4-2)14-9-7-6-8-10-14/h8-9,11-15,20-21H,4-7,10,16-19H2,1-3H3;1,6-10H,4-5,11-12H2,2H3/b24-11-,27-20+;. The van der Waals surface area contributed by atoms with Gasteiger partial charge in [-0.3, -0.25) is 9.59 Å². The second-order valence-corrected chi connectivity index (χ2v) is 12.6. The molecule has 1 amide bonds. The van der Waals surface area contributed by atoms with Gasteiger partial charge >= 0.3 is 0 Å². The fourth-order valence-corrected chi connectivity index (χ4v) is 6.20. The van der Waals surface area contributed by atoms with Crippen molar-refractivity contribution in [2.45, 2.75) is 97.4 Å². The van der Waals surface area contributed by atoms with E-state index in [-0.39, 0.29) is 11.7 Å². The van der Waals surface area contributed by atoms with E-state index >= 15 is 0 Å². The second-order valence-electron chi connectivity index (χ2n) is 12.6. The first-order valence-electron chi connectivity index (χ1n) is 17.7. The number of likely N-dealkylation sites (tertiary alicyclic amines) is 1. The minimum absolute atomic E-state index is 0.00851. The molecule has 49 heavy (non-hydrogen) atoms. The first-order chi connectivity index (χ1) is 23.8. The van der Waals surface area contributed by atoms with Crippen molar-refractivity contribution >= 4 is 17.3 Å². The van der Waals surface area contributed by atoms with Crippen molar-refractivity contribution in [2.24, 2.45) is 0 Å². The maximum atomic E-state index is 13.6. The van der Waals surface area contributed by atoms with Gasteiger partial charge in [0.1, 0.15) is 5.75 Å². The molecule has 2 heterocycles. The lowest BCUT2D eigenvalue weighted by Gasteiger charge is -2.28. The molecule has 1 saturated heterocycles. The molecule has 1 aliphatic heterocycles. The molecule has 0 bridgehead atoms. The quantitative estimate of drug-likeness (QED) is 0.0706. The van der Waals surface area contributed by atoms with Gasteiger partial charge in [0.15, 0.2) is 5.78 Å². The van der Waals surface area contributed by atoms with Crippen LogP contribution in [-0.4, -0.2) is 40.9 Å². The Morgan fingerprint density at radius 1 is 1.00 bits per heavy atom. The SMILES string of the molecule is C#CCCC(C#N)(CCC)c1ccccc1.CC/C=C(/C=C(/C(=O)N1CCCCC1)c1cc(OCCCn2cccc2)ccc1C)C(C)=O. The third-order valence-electron chi connectivity index (χ3n) is 8.91. The smallest absolute Gasteiger partial charge is 0.254 e. The molecular formula is C43H53N3O3. The number of benzene rings is 2. The van der Waals surface area contributed by atoms with Crippen LogP contribution >= 0.6 is 0 Å². The number of aromatic nitrogens is 1. The van der Waals surface area contributed by atoms with E-state index in [4.69, 9.17) is 11.2 Å². The number of terminal acetylenes is 1. The van der Waals surface area contributed by atoms with Gasteiger partial charge in [-0.05, 0) is 106 Å². The number of allylic oxidation sites excluding steroid dienone is 3. The zero-order chi connectivity index (χ0) is 35.5. The lowest BCUT2D eigenvalue weighted by atomic mass is 9.75. The Kier molecular flexibility index (Phi) is 16.2. The van der Waals surface area contributed by atoms with E-state index in [2.05, 4.69) is 23.5 Å². The number of amides is 1. The highest BCUT2D eigenvalue weighted by atomic mass is 16.5. The number of piperidine rings is 1. The van der Waals surface area contributed by atoms with E-state index in [0.717, 1.165) is 93.4 Å². The topological polar surface area (TPSA) is 75.3 Å². The number of ether oxygens (including phenoxy) is 1. The number of ketones is 1. The summed E-state index contributed by atoms with van der Waals surface area (Å²) in [7, 11) is 0. The predicted molar refractivity (Wildman–Crippen MR) is 200 cm³/mol. The van der Waals surface area contributed by atoms with Crippen LogP contribution in [0.1, 0.15) is 95.2 Å². The number of Topliss-reactive ketones (excluding diaryl/α,β-unsaturated/α-hetero) is 1. The number of hydrogen-bond acceptors (Lipinski definition) is 4. The van der Waals surface area contributed by atoms with Crippen molar-refractivity contribution in [3.05, 3.63) is 107 Å². The minimum Gasteiger partial charge on any atom is -0.494 e. The van der Waals surface area contributed by atoms with Crippen molar-refractivity contribution in [3.63, 3.8) is 0 Å². The van der Waals surface area contributed by atoms with Crippen LogP contribution in [0.2, 0.25) is 0 Å². The molecule has 4 rings (SSSR count). The van der Waals surface area contributed by atoms with Crippen molar-refractivity contribution in [1.29, 1.82) is 5.26 Å². The van der Waals surface area contributed by atoms with Crippen LogP contribution in [0, 0.1) is 30.6 Å². The van der Waals surface area contributed by atoms with Crippen LogP contribution in [0.25, 0.3) is 5.57 Å². The third-order valence-corrected chi connectivity index (χ3v) is 8.91. The summed E-state index contributed by atoms with van der Waals surface area (Å²) in [5.74, 6) is 3.33. The van der Waals surface area contributed by atoms with Crippen LogP contribution in [0.5, 0.6) is 5.75 Å². The number of carbonyl (C=O) groups excluding carboxylic acids is 2. The largest absolute Gasteiger partial charge is 0.494 e. The highest BCUT2D eigenvalue weighted by Crippen LogP contribution is 2.33. The summed E-state index contributed by atoms with van der Waals surface area (Å²) in [6.45, 7) is 10.7. The summed E-state index contributed by atoms with van der Waals surface area (Å²) in [5, 5.41) is 9.47. The normalized spacial score (nSPS) is 14.4. The molecule has 0 N–H and O–H groups in total. The number of rotatable bonds is 15. The summed E-state index contributed by atoms with van der Waals surface area (Å²) >= 11 is 0. The summed E-state index contributed by atoms with van der Waals surface area (Å²) in [4.78, 5) is 27.8. The molecule has 258 valence electrons. The average molecular weight is 660 g/mol. The zero-order valence-electron chi connectivity index (χ0n) is 29.9. The molecule has 0 radical (unpaired) electrons. The summed E-state index contributed by atoms with van der Waals surface area (Å²) in [6, 6.07) is 22.4. The molecule has 1 aliphatic rings. The maximum Gasteiger partial charge on any atom is 0.254 e. The zero-order valence-corrected chi connectivity index (χ0v) is 29.9. The first-order valence-corrected chi connectivity index (χ1v) is 17.7. The second kappa shape index (κ2) is 20.5. The molecule has 1 aromatic heterocycles. The molecular weight excluding hydrogens is 606 g/mol. The average Bonchev–Trinajstić information content (AvgIpc) is 3.65. The number of carbonyl (C=O) groups is 2. The van der Waals surface area contributed by atoms with Gasteiger partial charge in [0, 0.05) is 49.6 Å². The molecule has 0 saturated carbocycles. The fraction of sp³-hybridized carbons (Fsp3) is 0.419. The predicted octanol–water partition coefficient (Wildman–Crippen LogP) is 9.25. The van der Waals surface area contributed by atoms with Crippen molar-refractivity contribution in [1.82, 2.24) is 9.47 Å². The lowest BCUT2D eigenvalue weighted by molar-refractivity contribution is -0.125. The number of hydrogen-bond donors (Lipinski definition) is 0. The Morgan fingerprint density at radius 2 is 1.71 bits per heavy atom. The molecule has 3 aromatic rings. The van der Waals surface area contributed by atoms with Gasteiger partial charge in [0.2, 0.25) is 0 Å². The lowest BCUT2D eigenvalue weighted by Crippen LogP contribution is -2.36. The Balaban J connectivity index is 0.000000341. The minimum atomic E-state index is -0.400. The molecule has 2 aromatic carbocycles. The summed E-state index contributed by atoms with van der Waals surface area (Å²) in [6.07, 6.45) is 21.2. The third kappa shape index (κ3) is 11.7. The van der Waals surface area contributed by atoms with Gasteiger partial charge < -0.3 is 14.2 Å². The van der Waals surface area contributed by atoms with Crippen LogP contribution in [0.15, 0.2) is 90.8 Å². The van der Waals surface area contributed by atoms with Crippen LogP contribution < -0.4 is 4.74 Å². The van der Waals surface area contributed by atoms with Crippen molar-refractivity contribution in [3.8, 4) is 24.2 Å². The Morgan fingerprint density at radius 3 is 2.33 bits per heavy atom. The van der Waals surface area contributed by atoms with Gasteiger partial charge in [-0.1, -0.05) is 62.7 Å². The fourth-order valence-electron chi connectivity index (χ4n) is 6.20. The molecule has 0 spiro atoms. The van der Waals surface area contributed by atoms with Gasteiger partial charge in [-0.15, -0.1) is 12.3 Å². The van der Waals surface area contributed by atoms with Crippen LogP contribution in [0.3, 0.4) is 0 Å². The van der Waals surface area contributed by atoms with Crippen LogP contribution in [0.4, 0.5) is 0 Å².